The van der Waals surface area contributed by atoms with E-state index in [0.29, 0.717) is 17.7 Å². The van der Waals surface area contributed by atoms with Gasteiger partial charge in [-0.05, 0) is 62.9 Å². The fourth-order valence-corrected chi connectivity index (χ4v) is 3.73. The molecule has 1 amide bonds. The molecule has 0 radical (unpaired) electrons. The van der Waals surface area contributed by atoms with Crippen molar-refractivity contribution in [3.05, 3.63) is 45.3 Å². The Morgan fingerprint density at radius 3 is 2.37 bits per heavy atom. The number of amides is 1. The van der Waals surface area contributed by atoms with E-state index in [-0.39, 0.29) is 35.3 Å². The Morgan fingerprint density at radius 2 is 1.73 bits per heavy atom. The van der Waals surface area contributed by atoms with Crippen LogP contribution in [-0.2, 0) is 14.3 Å². The van der Waals surface area contributed by atoms with Crippen LogP contribution in [0.2, 0.25) is 0 Å². The molecule has 30 heavy (non-hydrogen) atoms. The van der Waals surface area contributed by atoms with Crippen molar-refractivity contribution >= 4 is 34.2 Å². The molecule has 0 unspecified atom stereocenters. The highest BCUT2D eigenvalue weighted by molar-refractivity contribution is 7.18. The van der Waals surface area contributed by atoms with Gasteiger partial charge in [0.2, 0.25) is 0 Å². The molecule has 0 bridgehead atoms. The van der Waals surface area contributed by atoms with Crippen LogP contribution in [0, 0.1) is 20.8 Å². The van der Waals surface area contributed by atoms with E-state index >= 15 is 0 Å². The molecule has 8 heteroatoms. The number of carbonyl (C=O) groups excluding carboxylic acids is 3. The summed E-state index contributed by atoms with van der Waals surface area (Å²) in [7, 11) is 0. The van der Waals surface area contributed by atoms with E-state index in [4.69, 9.17) is 14.2 Å². The van der Waals surface area contributed by atoms with Crippen molar-refractivity contribution in [3.63, 3.8) is 0 Å². The molecule has 0 atom stereocenters. The minimum atomic E-state index is -0.591. The lowest BCUT2D eigenvalue weighted by molar-refractivity contribution is -0.118. The van der Waals surface area contributed by atoms with E-state index < -0.39 is 17.8 Å². The number of anilines is 1. The molecular weight excluding hydrogens is 406 g/mol. The molecule has 1 aromatic heterocycles. The standard InChI is InChI=1S/C22H27NO6S/c1-6-10-28-21(25)18-15(5)19(22(26)27-7-2)30-20(18)23-17(24)12-29-16-9-8-13(3)14(4)11-16/h8-9,11H,6-7,10,12H2,1-5H3,(H,23,24). The minimum absolute atomic E-state index is 0.163. The number of hydrogen-bond acceptors (Lipinski definition) is 7. The van der Waals surface area contributed by atoms with E-state index in [1.807, 2.05) is 32.9 Å². The Bertz CT molecular complexity index is 934. The van der Waals surface area contributed by atoms with Gasteiger partial charge >= 0.3 is 11.9 Å². The number of hydrogen-bond donors (Lipinski definition) is 1. The van der Waals surface area contributed by atoms with Crippen molar-refractivity contribution in [2.24, 2.45) is 0 Å². The zero-order valence-corrected chi connectivity index (χ0v) is 18.7. The van der Waals surface area contributed by atoms with Gasteiger partial charge in [0.05, 0.1) is 18.8 Å². The first kappa shape index (κ1) is 23.4. The fraction of sp³-hybridized carbons (Fsp3) is 0.409. The molecular formula is C22H27NO6S. The average molecular weight is 434 g/mol. The SMILES string of the molecule is CCCOC(=O)c1c(NC(=O)COc2ccc(C)c(C)c2)sc(C(=O)OCC)c1C. The normalized spacial score (nSPS) is 10.4. The lowest BCUT2D eigenvalue weighted by atomic mass is 10.1. The number of benzene rings is 1. The van der Waals surface area contributed by atoms with E-state index in [9.17, 15) is 14.4 Å². The molecule has 162 valence electrons. The van der Waals surface area contributed by atoms with Crippen LogP contribution in [0.15, 0.2) is 18.2 Å². The van der Waals surface area contributed by atoms with Crippen molar-refractivity contribution in [1.82, 2.24) is 0 Å². The number of nitrogens with one attached hydrogen (secondary N) is 1. The van der Waals surface area contributed by atoms with Gasteiger partial charge in [0.15, 0.2) is 6.61 Å². The second kappa shape index (κ2) is 10.8. The highest BCUT2D eigenvalue weighted by Crippen LogP contribution is 2.34. The largest absolute Gasteiger partial charge is 0.484 e. The van der Waals surface area contributed by atoms with Crippen molar-refractivity contribution in [2.75, 3.05) is 25.1 Å². The number of aryl methyl sites for hydroxylation is 2. The number of carbonyl (C=O) groups is 3. The quantitative estimate of drug-likeness (QED) is 0.588. The Hall–Kier alpha value is -2.87. The minimum Gasteiger partial charge on any atom is -0.484 e. The molecule has 2 aromatic rings. The summed E-state index contributed by atoms with van der Waals surface area (Å²) in [5, 5.41) is 2.91. The van der Waals surface area contributed by atoms with Crippen molar-refractivity contribution in [1.29, 1.82) is 0 Å². The Kier molecular flexibility index (Phi) is 8.41. The summed E-state index contributed by atoms with van der Waals surface area (Å²) in [5.41, 5.74) is 2.77. The first-order valence-corrected chi connectivity index (χ1v) is 10.6. The summed E-state index contributed by atoms with van der Waals surface area (Å²) in [5.74, 6) is -1.01. The second-order valence-corrected chi connectivity index (χ2v) is 7.72. The van der Waals surface area contributed by atoms with Gasteiger partial charge in [0, 0.05) is 0 Å². The van der Waals surface area contributed by atoms with Gasteiger partial charge in [0.1, 0.15) is 15.6 Å². The van der Waals surface area contributed by atoms with Gasteiger partial charge in [-0.2, -0.15) is 0 Å². The topological polar surface area (TPSA) is 90.9 Å². The Labute approximate surface area is 180 Å². The van der Waals surface area contributed by atoms with Crippen molar-refractivity contribution in [3.8, 4) is 5.75 Å². The fourth-order valence-electron chi connectivity index (χ4n) is 2.62. The van der Waals surface area contributed by atoms with Crippen LogP contribution >= 0.6 is 11.3 Å². The third-order valence-corrected chi connectivity index (χ3v) is 5.54. The molecule has 0 aliphatic heterocycles. The third-order valence-electron chi connectivity index (χ3n) is 4.35. The van der Waals surface area contributed by atoms with Crippen LogP contribution in [0.5, 0.6) is 5.75 Å². The van der Waals surface area contributed by atoms with Crippen molar-refractivity contribution < 1.29 is 28.6 Å². The summed E-state index contributed by atoms with van der Waals surface area (Å²) in [6, 6.07) is 5.56. The molecule has 1 heterocycles. The van der Waals surface area contributed by atoms with Crippen LogP contribution in [-0.4, -0.2) is 37.7 Å². The van der Waals surface area contributed by atoms with E-state index in [1.54, 1.807) is 19.9 Å². The first-order valence-electron chi connectivity index (χ1n) is 9.75. The summed E-state index contributed by atoms with van der Waals surface area (Å²) in [6.07, 6.45) is 0.658. The maximum absolute atomic E-state index is 12.5. The molecule has 0 spiro atoms. The molecule has 0 aliphatic carbocycles. The van der Waals surface area contributed by atoms with Gasteiger partial charge in [-0.3, -0.25) is 4.79 Å². The zero-order valence-electron chi connectivity index (χ0n) is 17.9. The van der Waals surface area contributed by atoms with Crippen LogP contribution in [0.4, 0.5) is 5.00 Å². The van der Waals surface area contributed by atoms with E-state index in [0.717, 1.165) is 22.5 Å². The zero-order chi connectivity index (χ0) is 22.3. The molecule has 0 aliphatic rings. The summed E-state index contributed by atoms with van der Waals surface area (Å²) < 4.78 is 15.8. The maximum Gasteiger partial charge on any atom is 0.348 e. The highest BCUT2D eigenvalue weighted by atomic mass is 32.1. The Morgan fingerprint density at radius 1 is 1.00 bits per heavy atom. The number of rotatable bonds is 9. The molecule has 1 N–H and O–H groups in total. The molecule has 7 nitrogen and oxygen atoms in total. The summed E-state index contributed by atoms with van der Waals surface area (Å²) >= 11 is 0.987. The molecule has 0 saturated carbocycles. The predicted octanol–water partition coefficient (Wildman–Crippen LogP) is 4.43. The molecule has 1 aromatic carbocycles. The number of thiophene rings is 1. The van der Waals surface area contributed by atoms with Gasteiger partial charge < -0.3 is 19.5 Å². The molecule has 2 rings (SSSR count). The monoisotopic (exact) mass is 433 g/mol. The first-order chi connectivity index (χ1) is 14.3. The number of esters is 2. The van der Waals surface area contributed by atoms with Gasteiger partial charge in [-0.25, -0.2) is 9.59 Å². The summed E-state index contributed by atoms with van der Waals surface area (Å²) in [6.45, 7) is 9.37. The van der Waals surface area contributed by atoms with Gasteiger partial charge in [0.25, 0.3) is 5.91 Å². The van der Waals surface area contributed by atoms with Gasteiger partial charge in [-0.1, -0.05) is 13.0 Å². The molecule has 0 saturated heterocycles. The highest BCUT2D eigenvalue weighted by Gasteiger charge is 2.27. The van der Waals surface area contributed by atoms with Crippen LogP contribution in [0.1, 0.15) is 57.0 Å². The molecule has 0 fully saturated rings. The van der Waals surface area contributed by atoms with Crippen LogP contribution < -0.4 is 10.1 Å². The predicted molar refractivity (Wildman–Crippen MR) is 116 cm³/mol. The lowest BCUT2D eigenvalue weighted by Crippen LogP contribution is -2.21. The lowest BCUT2D eigenvalue weighted by Gasteiger charge is -2.10. The average Bonchev–Trinajstić information content (AvgIpc) is 3.03. The smallest absolute Gasteiger partial charge is 0.348 e. The van der Waals surface area contributed by atoms with E-state index in [1.165, 1.54) is 0 Å². The van der Waals surface area contributed by atoms with Gasteiger partial charge in [-0.15, -0.1) is 11.3 Å². The van der Waals surface area contributed by atoms with Crippen LogP contribution in [0.3, 0.4) is 0 Å². The third kappa shape index (κ3) is 5.82. The van der Waals surface area contributed by atoms with Crippen molar-refractivity contribution in [2.45, 2.75) is 41.0 Å². The Balaban J connectivity index is 2.19. The van der Waals surface area contributed by atoms with Crippen LogP contribution in [0.25, 0.3) is 0 Å². The maximum atomic E-state index is 12.5. The second-order valence-electron chi connectivity index (χ2n) is 6.70. The number of ether oxygens (including phenoxy) is 3. The summed E-state index contributed by atoms with van der Waals surface area (Å²) in [4.78, 5) is 37.4. The van der Waals surface area contributed by atoms with E-state index in [2.05, 4.69) is 5.32 Å².